The summed E-state index contributed by atoms with van der Waals surface area (Å²) in [6.45, 7) is 3.58. The van der Waals surface area contributed by atoms with Gasteiger partial charge in [0, 0.05) is 24.5 Å². The lowest BCUT2D eigenvalue weighted by molar-refractivity contribution is -0.135. The maximum absolute atomic E-state index is 12.6. The number of aromatic nitrogens is 2. The van der Waals surface area contributed by atoms with E-state index in [-0.39, 0.29) is 12.3 Å². The predicted octanol–water partition coefficient (Wildman–Crippen LogP) is 3.76. The predicted molar refractivity (Wildman–Crippen MR) is 136 cm³/mol. The van der Waals surface area contributed by atoms with Crippen LogP contribution in [0.25, 0.3) is 11.1 Å². The Morgan fingerprint density at radius 3 is 2.41 bits per heavy atom. The van der Waals surface area contributed by atoms with Crippen LogP contribution in [0.2, 0.25) is 0 Å². The highest BCUT2D eigenvalue weighted by Crippen LogP contribution is 2.29. The minimum Gasteiger partial charge on any atom is -0.480 e. The number of anilines is 1. The van der Waals surface area contributed by atoms with Crippen molar-refractivity contribution in [3.8, 4) is 11.1 Å². The number of benzene rings is 2. The zero-order valence-electron chi connectivity index (χ0n) is 19.8. The summed E-state index contributed by atoms with van der Waals surface area (Å²) in [5.41, 5.74) is 3.88. The van der Waals surface area contributed by atoms with Gasteiger partial charge < -0.3 is 20.3 Å². The Hall–Kier alpha value is -3.59. The summed E-state index contributed by atoms with van der Waals surface area (Å²) in [6.07, 6.45) is 5.62. The fourth-order valence-corrected chi connectivity index (χ4v) is 3.10. The molecule has 0 aliphatic carbocycles. The molecule has 0 aliphatic rings. The zero-order chi connectivity index (χ0) is 25.1. The minimum atomic E-state index is -1.13. The molecule has 0 unspecified atom stereocenters. The van der Waals surface area contributed by atoms with E-state index in [9.17, 15) is 14.4 Å². The number of carboxylic acids is 1. The number of aliphatic carboxylic acids is 1. The summed E-state index contributed by atoms with van der Waals surface area (Å²) in [5.74, 6) is -0.617. The van der Waals surface area contributed by atoms with E-state index in [0.29, 0.717) is 22.5 Å². The topological polar surface area (TPSA) is 113 Å². The maximum Gasteiger partial charge on any atom is 0.322 e. The fraction of sp³-hybridized carbons (Fsp3) is 0.280. The van der Waals surface area contributed by atoms with Crippen molar-refractivity contribution in [2.24, 2.45) is 7.05 Å². The number of imidazole rings is 1. The quantitative estimate of drug-likeness (QED) is 0.451. The van der Waals surface area contributed by atoms with Gasteiger partial charge in [-0.1, -0.05) is 31.2 Å². The van der Waals surface area contributed by atoms with Crippen LogP contribution < -0.4 is 10.6 Å². The fourth-order valence-electron chi connectivity index (χ4n) is 3.10. The minimum absolute atomic E-state index is 0.126. The van der Waals surface area contributed by atoms with Crippen molar-refractivity contribution < 1.29 is 19.5 Å². The van der Waals surface area contributed by atoms with Crippen molar-refractivity contribution in [2.75, 3.05) is 23.9 Å². The largest absolute Gasteiger partial charge is 0.480 e. The average Bonchev–Trinajstić information content (AvgIpc) is 3.22. The molecule has 3 N–H and O–H groups in total. The normalized spacial score (nSPS) is 10.1. The number of nitrogens with zero attached hydrogens (tertiary/aromatic N) is 2. The molecule has 0 aliphatic heterocycles. The number of hydrogen-bond acceptors (Lipinski definition) is 5. The molecule has 2 aromatic carbocycles. The van der Waals surface area contributed by atoms with Crippen LogP contribution in [0, 0.1) is 6.92 Å². The van der Waals surface area contributed by atoms with Gasteiger partial charge in [0.25, 0.3) is 5.91 Å². The first-order valence-electron chi connectivity index (χ1n) is 10.7. The van der Waals surface area contributed by atoms with Gasteiger partial charge in [0.15, 0.2) is 0 Å². The van der Waals surface area contributed by atoms with E-state index in [2.05, 4.69) is 28.8 Å². The molecule has 0 fully saturated rings. The maximum atomic E-state index is 12.6. The Morgan fingerprint density at radius 1 is 1.12 bits per heavy atom. The van der Waals surface area contributed by atoms with Gasteiger partial charge in [-0.25, -0.2) is 4.98 Å². The van der Waals surface area contributed by atoms with Gasteiger partial charge in [-0.2, -0.15) is 11.8 Å². The summed E-state index contributed by atoms with van der Waals surface area (Å²) in [5, 5.41) is 14.1. The van der Waals surface area contributed by atoms with Crippen LogP contribution in [0.3, 0.4) is 0 Å². The van der Waals surface area contributed by atoms with Gasteiger partial charge >= 0.3 is 5.97 Å². The molecule has 0 atom stereocenters. The number of carboxylic acid groups (broad SMARTS) is 1. The zero-order valence-corrected chi connectivity index (χ0v) is 20.6. The molecule has 0 saturated carbocycles. The van der Waals surface area contributed by atoms with E-state index < -0.39 is 18.4 Å². The first-order chi connectivity index (χ1) is 16.2. The van der Waals surface area contributed by atoms with Crippen molar-refractivity contribution in [1.82, 2.24) is 14.9 Å². The third-order valence-corrected chi connectivity index (χ3v) is 5.35. The van der Waals surface area contributed by atoms with Crippen LogP contribution in [0.1, 0.15) is 28.5 Å². The summed E-state index contributed by atoms with van der Waals surface area (Å²) >= 11 is 1.86. The lowest BCUT2D eigenvalue weighted by atomic mass is 9.95. The number of aryl methyl sites for hydroxylation is 2. The third kappa shape index (κ3) is 8.08. The van der Waals surface area contributed by atoms with Crippen LogP contribution >= 0.6 is 11.8 Å². The van der Waals surface area contributed by atoms with Gasteiger partial charge in [0.1, 0.15) is 6.54 Å². The molecule has 0 radical (unpaired) electrons. The molecular weight excluding hydrogens is 452 g/mol. The van der Waals surface area contributed by atoms with Gasteiger partial charge in [-0.05, 0) is 53.8 Å². The number of nitrogens with one attached hydrogen (secondary N) is 2. The highest BCUT2D eigenvalue weighted by molar-refractivity contribution is 7.98. The van der Waals surface area contributed by atoms with E-state index in [0.717, 1.165) is 11.1 Å². The number of amides is 2. The highest BCUT2D eigenvalue weighted by Gasteiger charge is 2.16. The molecule has 1 aromatic heterocycles. The Morgan fingerprint density at radius 2 is 1.82 bits per heavy atom. The van der Waals surface area contributed by atoms with Gasteiger partial charge in [0.2, 0.25) is 5.91 Å². The smallest absolute Gasteiger partial charge is 0.322 e. The molecule has 0 spiro atoms. The SMILES string of the molecule is CCSC.Cc1ccccc1-c1cc(NC(=O)Cc2cn(C)cn2)ccc1C(=O)NCC(=O)O. The average molecular weight is 483 g/mol. The van der Waals surface area contributed by atoms with Gasteiger partial charge in [-0.3, -0.25) is 14.4 Å². The standard InChI is InChI=1S/C22H22N4O4.C3H8S/c1-14-5-3-4-6-17(14)19-9-15(7-8-18(19)22(30)23-11-21(28)29)25-20(27)10-16-12-26(2)13-24-16;1-3-4-2/h3-9,12-13H,10-11H2,1-2H3,(H,23,30)(H,25,27)(H,28,29);3H2,1-2H3. The second-order valence-corrected chi connectivity index (χ2v) is 8.64. The van der Waals surface area contributed by atoms with Crippen molar-refractivity contribution in [3.63, 3.8) is 0 Å². The van der Waals surface area contributed by atoms with Crippen LogP contribution in [0.4, 0.5) is 5.69 Å². The number of thioether (sulfide) groups is 1. The first kappa shape index (κ1) is 26.7. The molecule has 1 heterocycles. The van der Waals surface area contributed by atoms with Gasteiger partial charge in [0.05, 0.1) is 18.4 Å². The van der Waals surface area contributed by atoms with E-state index in [4.69, 9.17) is 5.11 Å². The second kappa shape index (κ2) is 13.2. The molecule has 34 heavy (non-hydrogen) atoms. The molecule has 8 nitrogen and oxygen atoms in total. The van der Waals surface area contributed by atoms with Gasteiger partial charge in [-0.15, -0.1) is 0 Å². The first-order valence-corrected chi connectivity index (χ1v) is 12.1. The second-order valence-electron chi connectivity index (χ2n) is 7.48. The number of hydrogen-bond donors (Lipinski definition) is 3. The van der Waals surface area contributed by atoms with Crippen LogP contribution in [0.5, 0.6) is 0 Å². The van der Waals surface area contributed by atoms with E-state index in [1.165, 1.54) is 5.75 Å². The molecule has 0 bridgehead atoms. The summed E-state index contributed by atoms with van der Waals surface area (Å²) in [7, 11) is 1.83. The Labute approximate surface area is 203 Å². The summed E-state index contributed by atoms with van der Waals surface area (Å²) < 4.78 is 1.77. The molecule has 2 amide bonds. The van der Waals surface area contributed by atoms with Crippen LogP contribution in [0.15, 0.2) is 55.0 Å². The van der Waals surface area contributed by atoms with Crippen molar-refractivity contribution >= 4 is 35.2 Å². The monoisotopic (exact) mass is 482 g/mol. The van der Waals surface area contributed by atoms with E-state index in [1.54, 1.807) is 35.3 Å². The third-order valence-electron chi connectivity index (χ3n) is 4.77. The number of carbonyl (C=O) groups is 3. The Bertz CT molecular complexity index is 1140. The summed E-state index contributed by atoms with van der Waals surface area (Å²) in [6, 6.07) is 12.4. The van der Waals surface area contributed by atoms with E-state index >= 15 is 0 Å². The molecule has 0 saturated heterocycles. The molecule has 180 valence electrons. The molecule has 9 heteroatoms. The molecule has 3 rings (SSSR count). The van der Waals surface area contributed by atoms with Crippen LogP contribution in [-0.4, -0.2) is 51.0 Å². The number of rotatable bonds is 8. The van der Waals surface area contributed by atoms with Crippen LogP contribution in [-0.2, 0) is 23.1 Å². The number of carbonyl (C=O) groups excluding carboxylic acids is 2. The van der Waals surface area contributed by atoms with Crippen molar-refractivity contribution in [1.29, 1.82) is 0 Å². The Kier molecular flexibility index (Phi) is 10.3. The van der Waals surface area contributed by atoms with Crippen molar-refractivity contribution in [2.45, 2.75) is 20.3 Å². The lowest BCUT2D eigenvalue weighted by Crippen LogP contribution is -2.29. The summed E-state index contributed by atoms with van der Waals surface area (Å²) in [4.78, 5) is 39.9. The van der Waals surface area contributed by atoms with Crippen molar-refractivity contribution in [3.05, 3.63) is 71.8 Å². The molecular formula is C25H30N4O4S. The molecule has 3 aromatic rings. The Balaban J connectivity index is 0.000000945. The lowest BCUT2D eigenvalue weighted by Gasteiger charge is -2.14. The van der Waals surface area contributed by atoms with E-state index in [1.807, 2.05) is 50.0 Å². The highest BCUT2D eigenvalue weighted by atomic mass is 32.2.